The molecule has 1 N–H and O–H groups in total. The third-order valence-corrected chi connectivity index (χ3v) is 6.17. The van der Waals surface area contributed by atoms with Crippen LogP contribution < -0.4 is 10.1 Å². The highest BCUT2D eigenvalue weighted by Crippen LogP contribution is 2.35. The van der Waals surface area contributed by atoms with Gasteiger partial charge in [-0.25, -0.2) is 0 Å². The van der Waals surface area contributed by atoms with Crippen molar-refractivity contribution in [2.24, 2.45) is 0 Å². The molecule has 1 aromatic heterocycles. The average molecular weight is 528 g/mol. The van der Waals surface area contributed by atoms with Crippen molar-refractivity contribution in [3.8, 4) is 17.1 Å². The third-order valence-electron chi connectivity index (χ3n) is 4.95. The molecular formula is C24H18ClN3O7S. The van der Waals surface area contributed by atoms with Gasteiger partial charge in [0, 0.05) is 29.5 Å². The molecular weight excluding hydrogens is 510 g/mol. The molecule has 4 rings (SSSR count). The lowest BCUT2D eigenvalue weighted by Gasteiger charge is -2.12. The Hall–Kier alpha value is -4.09. The first-order valence-corrected chi connectivity index (χ1v) is 11.8. The summed E-state index contributed by atoms with van der Waals surface area (Å²) in [5.74, 6) is 0.0938. The zero-order valence-electron chi connectivity index (χ0n) is 18.7. The second kappa shape index (κ2) is 10.7. The SMILES string of the molecule is CCOc1ccc(NC(=O)CN2C(=O)S/C(=C/c3ccc(-c4ccc([N+](=O)[O-])cc4Cl)o3)C2=O)cc1. The van der Waals surface area contributed by atoms with Gasteiger partial charge in [0.1, 0.15) is 23.8 Å². The number of nitro benzene ring substituents is 1. The molecule has 0 bridgehead atoms. The van der Waals surface area contributed by atoms with Crippen molar-refractivity contribution in [1.29, 1.82) is 0 Å². The molecule has 36 heavy (non-hydrogen) atoms. The van der Waals surface area contributed by atoms with E-state index in [4.69, 9.17) is 20.8 Å². The largest absolute Gasteiger partial charge is 0.494 e. The first-order chi connectivity index (χ1) is 17.2. The monoisotopic (exact) mass is 527 g/mol. The summed E-state index contributed by atoms with van der Waals surface area (Å²) in [5.41, 5.74) is 0.774. The van der Waals surface area contributed by atoms with Crippen LogP contribution in [0.1, 0.15) is 12.7 Å². The molecule has 1 saturated heterocycles. The third kappa shape index (κ3) is 5.58. The number of hydrogen-bond donors (Lipinski definition) is 1. The minimum atomic E-state index is -0.627. The van der Waals surface area contributed by atoms with Crippen LogP contribution in [0.4, 0.5) is 16.2 Å². The molecule has 0 radical (unpaired) electrons. The summed E-state index contributed by atoms with van der Waals surface area (Å²) in [7, 11) is 0. The number of furan rings is 1. The number of halogens is 1. The molecule has 1 aliphatic heterocycles. The molecule has 10 nitrogen and oxygen atoms in total. The second-order valence-electron chi connectivity index (χ2n) is 7.40. The Morgan fingerprint density at radius 3 is 2.61 bits per heavy atom. The number of carbonyl (C=O) groups excluding carboxylic acids is 3. The van der Waals surface area contributed by atoms with Crippen LogP contribution in [-0.2, 0) is 9.59 Å². The van der Waals surface area contributed by atoms with Gasteiger partial charge in [0.15, 0.2) is 0 Å². The van der Waals surface area contributed by atoms with E-state index < -0.39 is 28.5 Å². The van der Waals surface area contributed by atoms with Crippen molar-refractivity contribution in [3.05, 3.63) is 80.4 Å². The van der Waals surface area contributed by atoms with Gasteiger partial charge in [0.05, 0.1) is 21.5 Å². The number of rotatable bonds is 8. The standard InChI is InChI=1S/C24H18ClN3O7S/c1-2-34-16-6-3-14(4-7-16)26-22(29)13-27-23(30)21(36-24(27)31)12-17-8-10-20(35-17)18-9-5-15(28(32)33)11-19(18)25/h3-12H,2,13H2,1H3,(H,26,29)/b21-12+. The summed E-state index contributed by atoms with van der Waals surface area (Å²) in [6, 6.07) is 13.8. The first-order valence-electron chi connectivity index (χ1n) is 10.6. The quantitative estimate of drug-likeness (QED) is 0.228. The van der Waals surface area contributed by atoms with Gasteiger partial charge in [0.2, 0.25) is 5.91 Å². The number of nitrogens with zero attached hydrogens (tertiary/aromatic N) is 2. The van der Waals surface area contributed by atoms with E-state index in [1.54, 1.807) is 36.4 Å². The lowest BCUT2D eigenvalue weighted by atomic mass is 10.1. The molecule has 1 aliphatic rings. The minimum Gasteiger partial charge on any atom is -0.494 e. The molecule has 184 valence electrons. The van der Waals surface area contributed by atoms with E-state index in [9.17, 15) is 24.5 Å². The van der Waals surface area contributed by atoms with Crippen LogP contribution in [0.2, 0.25) is 5.02 Å². The molecule has 3 aromatic rings. The van der Waals surface area contributed by atoms with E-state index in [0.29, 0.717) is 41.1 Å². The number of nitro groups is 1. The highest BCUT2D eigenvalue weighted by atomic mass is 35.5. The number of benzene rings is 2. The maximum Gasteiger partial charge on any atom is 0.294 e. The number of carbonyl (C=O) groups is 3. The van der Waals surface area contributed by atoms with Crippen molar-refractivity contribution in [2.75, 3.05) is 18.5 Å². The van der Waals surface area contributed by atoms with E-state index in [1.165, 1.54) is 24.3 Å². The predicted molar refractivity (Wildman–Crippen MR) is 135 cm³/mol. The van der Waals surface area contributed by atoms with E-state index in [-0.39, 0.29) is 21.4 Å². The number of anilines is 1. The first kappa shape index (κ1) is 25.0. The molecule has 0 spiro atoms. The number of amides is 3. The number of nitrogens with one attached hydrogen (secondary N) is 1. The lowest BCUT2D eigenvalue weighted by Crippen LogP contribution is -2.36. The van der Waals surface area contributed by atoms with Gasteiger partial charge in [0.25, 0.3) is 16.8 Å². The Labute approximate surface area is 214 Å². The normalized spacial score (nSPS) is 14.4. The zero-order chi connectivity index (χ0) is 25.8. The van der Waals surface area contributed by atoms with Crippen LogP contribution in [0.15, 0.2) is 63.9 Å². The van der Waals surface area contributed by atoms with Gasteiger partial charge < -0.3 is 14.5 Å². The average Bonchev–Trinajstić information content (AvgIpc) is 3.40. The van der Waals surface area contributed by atoms with Crippen LogP contribution in [-0.4, -0.2) is 40.0 Å². The molecule has 0 aliphatic carbocycles. The number of thioether (sulfide) groups is 1. The number of ether oxygens (including phenoxy) is 1. The summed E-state index contributed by atoms with van der Waals surface area (Å²) >= 11 is 6.83. The Balaban J connectivity index is 1.43. The van der Waals surface area contributed by atoms with Crippen molar-refractivity contribution < 1.29 is 28.5 Å². The molecule has 0 atom stereocenters. The Morgan fingerprint density at radius 1 is 1.19 bits per heavy atom. The van der Waals surface area contributed by atoms with Gasteiger partial charge in [-0.3, -0.25) is 29.4 Å². The van der Waals surface area contributed by atoms with Crippen LogP contribution in [0.25, 0.3) is 17.4 Å². The van der Waals surface area contributed by atoms with Gasteiger partial charge in [-0.15, -0.1) is 0 Å². The van der Waals surface area contributed by atoms with Crippen LogP contribution in [0.3, 0.4) is 0 Å². The summed E-state index contributed by atoms with van der Waals surface area (Å²) in [5, 5.41) is 13.1. The summed E-state index contributed by atoms with van der Waals surface area (Å²) < 4.78 is 11.1. The Kier molecular flexibility index (Phi) is 7.41. The van der Waals surface area contributed by atoms with Crippen molar-refractivity contribution >= 4 is 57.9 Å². The van der Waals surface area contributed by atoms with E-state index >= 15 is 0 Å². The molecule has 0 saturated carbocycles. The van der Waals surface area contributed by atoms with Gasteiger partial charge in [-0.1, -0.05) is 11.6 Å². The molecule has 12 heteroatoms. The topological polar surface area (TPSA) is 132 Å². The molecule has 2 aromatic carbocycles. The van der Waals surface area contributed by atoms with Crippen LogP contribution >= 0.6 is 23.4 Å². The number of non-ortho nitro benzene ring substituents is 1. The maximum atomic E-state index is 12.7. The van der Waals surface area contributed by atoms with Crippen molar-refractivity contribution in [2.45, 2.75) is 6.92 Å². The molecule has 2 heterocycles. The fraction of sp³-hybridized carbons (Fsp3) is 0.125. The number of hydrogen-bond acceptors (Lipinski definition) is 8. The van der Waals surface area contributed by atoms with Crippen molar-refractivity contribution in [1.82, 2.24) is 4.90 Å². The second-order valence-corrected chi connectivity index (χ2v) is 8.80. The highest BCUT2D eigenvalue weighted by Gasteiger charge is 2.36. The van der Waals surface area contributed by atoms with Crippen LogP contribution in [0, 0.1) is 10.1 Å². The van der Waals surface area contributed by atoms with Crippen LogP contribution in [0.5, 0.6) is 5.75 Å². The zero-order valence-corrected chi connectivity index (χ0v) is 20.3. The van der Waals surface area contributed by atoms with E-state index in [2.05, 4.69) is 5.32 Å². The van der Waals surface area contributed by atoms with Gasteiger partial charge in [-0.05, 0) is 61.2 Å². The van der Waals surface area contributed by atoms with E-state index in [1.807, 2.05) is 6.92 Å². The number of imide groups is 1. The maximum absolute atomic E-state index is 12.7. The Bertz CT molecular complexity index is 1380. The predicted octanol–water partition coefficient (Wildman–Crippen LogP) is 5.58. The molecule has 0 unspecified atom stereocenters. The molecule has 1 fully saturated rings. The Morgan fingerprint density at radius 2 is 1.94 bits per heavy atom. The van der Waals surface area contributed by atoms with Crippen molar-refractivity contribution in [3.63, 3.8) is 0 Å². The lowest BCUT2D eigenvalue weighted by molar-refractivity contribution is -0.384. The summed E-state index contributed by atoms with van der Waals surface area (Å²) in [6.07, 6.45) is 1.39. The summed E-state index contributed by atoms with van der Waals surface area (Å²) in [6.45, 7) is 1.93. The van der Waals surface area contributed by atoms with E-state index in [0.717, 1.165) is 4.90 Å². The summed E-state index contributed by atoms with van der Waals surface area (Å²) in [4.78, 5) is 48.8. The fourth-order valence-electron chi connectivity index (χ4n) is 3.30. The molecule has 3 amide bonds. The van der Waals surface area contributed by atoms with Gasteiger partial charge >= 0.3 is 0 Å². The highest BCUT2D eigenvalue weighted by molar-refractivity contribution is 8.18. The van der Waals surface area contributed by atoms with Gasteiger partial charge in [-0.2, -0.15) is 0 Å². The minimum absolute atomic E-state index is 0.0876. The fourth-order valence-corrected chi connectivity index (χ4v) is 4.39. The smallest absolute Gasteiger partial charge is 0.294 e.